The molecule has 4 rings (SSSR count). The Labute approximate surface area is 219 Å². The molecule has 1 amide bonds. The van der Waals surface area contributed by atoms with Crippen LogP contribution in [0.25, 0.3) is 21.3 Å². The number of rotatable bonds is 8. The molecule has 0 aliphatic rings. The van der Waals surface area contributed by atoms with E-state index in [9.17, 15) is 14.4 Å². The van der Waals surface area contributed by atoms with Crippen molar-refractivity contribution >= 4 is 45.1 Å². The van der Waals surface area contributed by atoms with Crippen LogP contribution < -0.4 is 5.32 Å². The SMILES string of the molecule is CCOC(=O)c1cc(-c2ccccc2)sc1NC(=O)C(C)OC(=O)c1c(C)c(CC)nc2ccccc12. The monoisotopic (exact) mass is 516 g/mol. The van der Waals surface area contributed by atoms with Gasteiger partial charge in [-0.3, -0.25) is 9.78 Å². The Morgan fingerprint density at radius 1 is 1.00 bits per heavy atom. The highest BCUT2D eigenvalue weighted by atomic mass is 32.1. The Morgan fingerprint density at radius 3 is 2.41 bits per heavy atom. The summed E-state index contributed by atoms with van der Waals surface area (Å²) in [6, 6.07) is 18.6. The lowest BCUT2D eigenvalue weighted by Gasteiger charge is -2.17. The average molecular weight is 517 g/mol. The largest absolute Gasteiger partial charge is 0.462 e. The van der Waals surface area contributed by atoms with Crippen LogP contribution in [0.3, 0.4) is 0 Å². The lowest BCUT2D eigenvalue weighted by Crippen LogP contribution is -2.30. The number of aromatic nitrogens is 1. The van der Waals surface area contributed by atoms with Crippen molar-refractivity contribution < 1.29 is 23.9 Å². The predicted molar refractivity (Wildman–Crippen MR) is 145 cm³/mol. The zero-order valence-electron chi connectivity index (χ0n) is 21.2. The summed E-state index contributed by atoms with van der Waals surface area (Å²) in [4.78, 5) is 44.4. The highest BCUT2D eigenvalue weighted by Gasteiger charge is 2.26. The van der Waals surface area contributed by atoms with Crippen molar-refractivity contribution in [3.63, 3.8) is 0 Å². The number of hydrogen-bond acceptors (Lipinski definition) is 7. The van der Waals surface area contributed by atoms with Crippen LogP contribution in [-0.2, 0) is 20.7 Å². The van der Waals surface area contributed by atoms with Crippen LogP contribution in [0.15, 0.2) is 60.7 Å². The summed E-state index contributed by atoms with van der Waals surface area (Å²) in [7, 11) is 0. The number of amides is 1. The van der Waals surface area contributed by atoms with Crippen LogP contribution >= 0.6 is 11.3 Å². The van der Waals surface area contributed by atoms with Gasteiger partial charge in [-0.1, -0.05) is 55.5 Å². The summed E-state index contributed by atoms with van der Waals surface area (Å²) in [5.41, 5.74) is 3.78. The second kappa shape index (κ2) is 11.3. The summed E-state index contributed by atoms with van der Waals surface area (Å²) in [5, 5.41) is 3.77. The number of ether oxygens (including phenoxy) is 2. The molecule has 0 fully saturated rings. The van der Waals surface area contributed by atoms with Crippen molar-refractivity contribution in [1.82, 2.24) is 4.98 Å². The predicted octanol–water partition coefficient (Wildman–Crippen LogP) is 6.19. The summed E-state index contributed by atoms with van der Waals surface area (Å²) in [5.74, 6) is -1.69. The number of carbonyl (C=O) groups is 3. The first kappa shape index (κ1) is 26.0. The standard InChI is InChI=1S/C29H28N2O5S/c1-5-22-17(3)25(20-14-10-11-15-23(20)30-22)29(34)36-18(4)26(32)31-27-21(28(33)35-6-2)16-24(37-27)19-12-8-7-9-13-19/h7-16,18H,5-6H2,1-4H3,(H,31,32). The Balaban J connectivity index is 1.58. The van der Waals surface area contributed by atoms with Gasteiger partial charge in [-0.05, 0) is 50.5 Å². The average Bonchev–Trinajstić information content (AvgIpc) is 3.32. The zero-order valence-corrected chi connectivity index (χ0v) is 22.0. The second-order valence-corrected chi connectivity index (χ2v) is 9.46. The van der Waals surface area contributed by atoms with E-state index in [1.165, 1.54) is 18.3 Å². The lowest BCUT2D eigenvalue weighted by atomic mass is 10.0. The van der Waals surface area contributed by atoms with Gasteiger partial charge in [0, 0.05) is 16.0 Å². The van der Waals surface area contributed by atoms with Crippen LogP contribution in [0, 0.1) is 6.92 Å². The highest BCUT2D eigenvalue weighted by molar-refractivity contribution is 7.20. The van der Waals surface area contributed by atoms with Gasteiger partial charge in [-0.25, -0.2) is 9.59 Å². The fraction of sp³-hybridized carbons (Fsp3) is 0.241. The van der Waals surface area contributed by atoms with Gasteiger partial charge in [0.1, 0.15) is 5.00 Å². The highest BCUT2D eigenvalue weighted by Crippen LogP contribution is 2.36. The van der Waals surface area contributed by atoms with Gasteiger partial charge in [0.15, 0.2) is 6.10 Å². The number of esters is 2. The van der Waals surface area contributed by atoms with Crippen LogP contribution in [0.4, 0.5) is 5.00 Å². The molecule has 2 heterocycles. The molecule has 4 aromatic rings. The summed E-state index contributed by atoms with van der Waals surface area (Å²) in [6.07, 6.45) is -0.451. The number of para-hydroxylation sites is 1. The molecule has 37 heavy (non-hydrogen) atoms. The van der Waals surface area contributed by atoms with E-state index in [1.807, 2.05) is 68.4 Å². The molecule has 190 valence electrons. The molecular formula is C29H28N2O5S. The Morgan fingerprint density at radius 2 is 1.70 bits per heavy atom. The third-order valence-corrected chi connectivity index (χ3v) is 7.05. The number of anilines is 1. The van der Waals surface area contributed by atoms with Crippen molar-refractivity contribution in [3.8, 4) is 10.4 Å². The fourth-order valence-electron chi connectivity index (χ4n) is 4.04. The van der Waals surface area contributed by atoms with Gasteiger partial charge < -0.3 is 14.8 Å². The van der Waals surface area contributed by atoms with E-state index in [4.69, 9.17) is 9.47 Å². The van der Waals surface area contributed by atoms with Crippen molar-refractivity contribution in [2.45, 2.75) is 40.2 Å². The first-order chi connectivity index (χ1) is 17.8. The first-order valence-electron chi connectivity index (χ1n) is 12.1. The van der Waals surface area contributed by atoms with E-state index in [0.717, 1.165) is 21.7 Å². The molecule has 8 heteroatoms. The number of nitrogens with zero attached hydrogens (tertiary/aromatic N) is 1. The molecule has 1 atom stereocenters. The van der Waals surface area contributed by atoms with Gasteiger partial charge in [-0.15, -0.1) is 11.3 Å². The maximum absolute atomic E-state index is 13.3. The molecule has 0 bridgehead atoms. The smallest absolute Gasteiger partial charge is 0.341 e. The molecule has 1 unspecified atom stereocenters. The van der Waals surface area contributed by atoms with Crippen molar-refractivity contribution in [2.24, 2.45) is 0 Å². The third-order valence-electron chi connectivity index (χ3n) is 5.95. The minimum atomic E-state index is -1.11. The molecule has 0 saturated carbocycles. The molecule has 2 aromatic heterocycles. The van der Waals surface area contributed by atoms with E-state index in [1.54, 1.807) is 13.0 Å². The third kappa shape index (κ3) is 5.54. The van der Waals surface area contributed by atoms with Gasteiger partial charge in [0.05, 0.1) is 23.3 Å². The van der Waals surface area contributed by atoms with E-state index in [-0.39, 0.29) is 12.2 Å². The van der Waals surface area contributed by atoms with Crippen molar-refractivity contribution in [2.75, 3.05) is 11.9 Å². The van der Waals surface area contributed by atoms with Crippen molar-refractivity contribution in [3.05, 3.63) is 83.0 Å². The molecule has 0 aliphatic carbocycles. The first-order valence-corrected chi connectivity index (χ1v) is 12.9. The molecule has 0 radical (unpaired) electrons. The Bertz CT molecular complexity index is 1460. The van der Waals surface area contributed by atoms with Gasteiger partial charge >= 0.3 is 11.9 Å². The minimum absolute atomic E-state index is 0.204. The van der Waals surface area contributed by atoms with E-state index in [2.05, 4.69) is 10.3 Å². The number of hydrogen-bond donors (Lipinski definition) is 1. The number of pyridine rings is 1. The van der Waals surface area contributed by atoms with Crippen LogP contribution in [0.5, 0.6) is 0 Å². The summed E-state index contributed by atoms with van der Waals surface area (Å²) in [6.45, 7) is 7.23. The van der Waals surface area contributed by atoms with Crippen LogP contribution in [0.1, 0.15) is 52.7 Å². The van der Waals surface area contributed by atoms with Crippen molar-refractivity contribution in [1.29, 1.82) is 0 Å². The summed E-state index contributed by atoms with van der Waals surface area (Å²) >= 11 is 1.26. The maximum atomic E-state index is 13.3. The Kier molecular flexibility index (Phi) is 7.98. The fourth-order valence-corrected chi connectivity index (χ4v) is 5.10. The van der Waals surface area contributed by atoms with Crippen LogP contribution in [0.2, 0.25) is 0 Å². The number of carbonyl (C=O) groups excluding carboxylic acids is 3. The quantitative estimate of drug-likeness (QED) is 0.281. The minimum Gasteiger partial charge on any atom is -0.462 e. The molecule has 0 aliphatic heterocycles. The van der Waals surface area contributed by atoms with E-state index >= 15 is 0 Å². The molecule has 7 nitrogen and oxygen atoms in total. The van der Waals surface area contributed by atoms with Crippen LogP contribution in [-0.4, -0.2) is 35.5 Å². The molecule has 0 saturated heterocycles. The summed E-state index contributed by atoms with van der Waals surface area (Å²) < 4.78 is 10.8. The zero-order chi connectivity index (χ0) is 26.5. The number of thiophene rings is 1. The number of benzene rings is 2. The van der Waals surface area contributed by atoms with E-state index in [0.29, 0.717) is 27.9 Å². The number of nitrogens with one attached hydrogen (secondary N) is 1. The van der Waals surface area contributed by atoms with Gasteiger partial charge in [-0.2, -0.15) is 0 Å². The number of aryl methyl sites for hydroxylation is 1. The normalized spacial score (nSPS) is 11.7. The second-order valence-electron chi connectivity index (χ2n) is 8.41. The van der Waals surface area contributed by atoms with Gasteiger partial charge in [0.25, 0.3) is 5.91 Å². The van der Waals surface area contributed by atoms with E-state index < -0.39 is 23.9 Å². The Hall–Kier alpha value is -4.04. The van der Waals surface area contributed by atoms with Gasteiger partial charge in [0.2, 0.25) is 0 Å². The molecular weight excluding hydrogens is 488 g/mol. The molecule has 1 N–H and O–H groups in total. The lowest BCUT2D eigenvalue weighted by molar-refractivity contribution is -0.123. The molecule has 2 aromatic carbocycles. The maximum Gasteiger partial charge on any atom is 0.341 e. The number of fused-ring (bicyclic) bond motifs is 1. The molecule has 0 spiro atoms. The topological polar surface area (TPSA) is 94.6 Å².